The molecule has 1 aromatic carbocycles. The average molecular weight is 286 g/mol. The zero-order valence-electron chi connectivity index (χ0n) is 9.02. The lowest BCUT2D eigenvalue weighted by atomic mass is 10.1. The van der Waals surface area contributed by atoms with E-state index in [4.69, 9.17) is 0 Å². The van der Waals surface area contributed by atoms with Crippen LogP contribution in [0.1, 0.15) is 28.8 Å². The Labute approximate surface area is 102 Å². The first kappa shape index (κ1) is 11.6. The van der Waals surface area contributed by atoms with Crippen molar-refractivity contribution in [2.45, 2.75) is 25.3 Å². The van der Waals surface area contributed by atoms with Crippen molar-refractivity contribution >= 4 is 21.8 Å². The largest absolute Gasteiger partial charge is 0.346 e. The summed E-state index contributed by atoms with van der Waals surface area (Å²) >= 11 is 3.38. The third-order valence-electron chi connectivity index (χ3n) is 2.93. The van der Waals surface area contributed by atoms with Crippen LogP contribution in [0.5, 0.6) is 0 Å². The number of amides is 1. The van der Waals surface area contributed by atoms with Crippen molar-refractivity contribution in [3.63, 3.8) is 0 Å². The molecule has 0 spiro atoms. The maximum absolute atomic E-state index is 13.0. The molecule has 2 rings (SSSR count). The van der Waals surface area contributed by atoms with Gasteiger partial charge in [0, 0.05) is 10.9 Å². The normalized spacial score (nSPS) is 16.9. The molecule has 0 atom stereocenters. The highest BCUT2D eigenvalue weighted by molar-refractivity contribution is 9.09. The van der Waals surface area contributed by atoms with Crippen LogP contribution < -0.4 is 5.32 Å². The zero-order chi connectivity index (χ0) is 11.8. The summed E-state index contributed by atoms with van der Waals surface area (Å²) in [6.45, 7) is 1.81. The summed E-state index contributed by atoms with van der Waals surface area (Å²) in [6, 6.07) is 4.27. The predicted molar refractivity (Wildman–Crippen MR) is 64.4 cm³/mol. The highest BCUT2D eigenvalue weighted by atomic mass is 79.9. The lowest BCUT2D eigenvalue weighted by Crippen LogP contribution is -2.38. The van der Waals surface area contributed by atoms with E-state index in [9.17, 15) is 9.18 Å². The zero-order valence-corrected chi connectivity index (χ0v) is 10.6. The van der Waals surface area contributed by atoms with Gasteiger partial charge in [-0.1, -0.05) is 22.0 Å². The van der Waals surface area contributed by atoms with E-state index in [0.29, 0.717) is 5.56 Å². The second-order valence-corrected chi connectivity index (χ2v) is 4.89. The van der Waals surface area contributed by atoms with Crippen molar-refractivity contribution in [1.29, 1.82) is 0 Å². The highest BCUT2D eigenvalue weighted by Crippen LogP contribution is 2.37. The lowest BCUT2D eigenvalue weighted by molar-refractivity contribution is 0.0935. The highest BCUT2D eigenvalue weighted by Gasteiger charge is 2.43. The number of benzene rings is 1. The minimum atomic E-state index is -0.376. The molecule has 0 saturated heterocycles. The van der Waals surface area contributed by atoms with Crippen molar-refractivity contribution in [3.05, 3.63) is 35.1 Å². The van der Waals surface area contributed by atoms with Gasteiger partial charge in [-0.3, -0.25) is 4.79 Å². The van der Waals surface area contributed by atoms with Crippen LogP contribution in [0.15, 0.2) is 18.2 Å². The molecule has 4 heteroatoms. The van der Waals surface area contributed by atoms with Gasteiger partial charge >= 0.3 is 0 Å². The van der Waals surface area contributed by atoms with Crippen LogP contribution in [0.25, 0.3) is 0 Å². The molecule has 2 nitrogen and oxygen atoms in total. The number of alkyl halides is 1. The molecule has 86 valence electrons. The van der Waals surface area contributed by atoms with Gasteiger partial charge in [-0.15, -0.1) is 0 Å². The number of halogens is 2. The Balaban J connectivity index is 2.17. The first-order valence-corrected chi connectivity index (χ1v) is 6.33. The lowest BCUT2D eigenvalue weighted by Gasteiger charge is -2.15. The minimum Gasteiger partial charge on any atom is -0.346 e. The molecule has 0 unspecified atom stereocenters. The van der Waals surface area contributed by atoms with Gasteiger partial charge in [0.05, 0.1) is 5.54 Å². The maximum atomic E-state index is 13.0. The second-order valence-electron chi connectivity index (χ2n) is 4.33. The van der Waals surface area contributed by atoms with E-state index >= 15 is 0 Å². The Morgan fingerprint density at radius 1 is 1.56 bits per heavy atom. The molecular weight excluding hydrogens is 273 g/mol. The van der Waals surface area contributed by atoms with E-state index in [0.717, 1.165) is 23.7 Å². The summed E-state index contributed by atoms with van der Waals surface area (Å²) in [5, 5.41) is 3.70. The van der Waals surface area contributed by atoms with Gasteiger partial charge in [0.15, 0.2) is 0 Å². The van der Waals surface area contributed by atoms with Gasteiger partial charge in [0.2, 0.25) is 0 Å². The molecular formula is C12H13BrFNO. The number of nitrogens with one attached hydrogen (secondary N) is 1. The minimum absolute atomic E-state index is 0.101. The summed E-state index contributed by atoms with van der Waals surface area (Å²) in [6.07, 6.45) is 1.97. The summed E-state index contributed by atoms with van der Waals surface area (Å²) in [5.41, 5.74) is 1.12. The Morgan fingerprint density at radius 2 is 2.25 bits per heavy atom. The van der Waals surface area contributed by atoms with Crippen molar-refractivity contribution in [2.24, 2.45) is 0 Å². The Morgan fingerprint density at radius 3 is 2.81 bits per heavy atom. The van der Waals surface area contributed by atoms with E-state index in [-0.39, 0.29) is 17.3 Å². The second kappa shape index (κ2) is 4.17. The summed E-state index contributed by atoms with van der Waals surface area (Å²) < 4.78 is 13.0. The fraction of sp³-hybridized carbons (Fsp3) is 0.417. The molecule has 1 aliphatic carbocycles. The number of carbonyl (C=O) groups is 1. The van der Waals surface area contributed by atoms with Gasteiger partial charge in [-0.25, -0.2) is 4.39 Å². The third-order valence-corrected chi connectivity index (χ3v) is 4.01. The fourth-order valence-electron chi connectivity index (χ4n) is 1.59. The van der Waals surface area contributed by atoms with E-state index in [1.807, 2.05) is 6.92 Å². The molecule has 16 heavy (non-hydrogen) atoms. The number of carbonyl (C=O) groups excluding carboxylic acids is 1. The first-order valence-electron chi connectivity index (χ1n) is 5.21. The van der Waals surface area contributed by atoms with Crippen LogP contribution in [-0.4, -0.2) is 16.8 Å². The fourth-order valence-corrected chi connectivity index (χ4v) is 2.29. The molecule has 1 aliphatic rings. The standard InChI is InChI=1S/C12H13BrFNO/c1-8-2-3-9(14)6-10(8)11(16)15-12(7-13)4-5-12/h2-3,6H,4-5,7H2,1H3,(H,15,16). The van der Waals surface area contributed by atoms with Crippen LogP contribution >= 0.6 is 15.9 Å². The summed E-state index contributed by atoms with van der Waals surface area (Å²) in [5.74, 6) is -0.562. The van der Waals surface area contributed by atoms with E-state index in [1.165, 1.54) is 12.1 Å². The molecule has 0 aliphatic heterocycles. The monoisotopic (exact) mass is 285 g/mol. The third kappa shape index (κ3) is 2.26. The number of aryl methyl sites for hydroxylation is 1. The van der Waals surface area contributed by atoms with Gasteiger partial charge in [-0.05, 0) is 37.5 Å². The molecule has 0 bridgehead atoms. The van der Waals surface area contributed by atoms with Crippen LogP contribution in [0.3, 0.4) is 0 Å². The predicted octanol–water partition coefficient (Wildman–Crippen LogP) is 2.79. The van der Waals surface area contributed by atoms with E-state index < -0.39 is 0 Å². The van der Waals surface area contributed by atoms with Gasteiger partial charge in [0.25, 0.3) is 5.91 Å². The summed E-state index contributed by atoms with van der Waals surface area (Å²) in [7, 11) is 0. The van der Waals surface area contributed by atoms with E-state index in [2.05, 4.69) is 21.2 Å². The number of hydrogen-bond acceptors (Lipinski definition) is 1. The molecule has 1 fully saturated rings. The summed E-state index contributed by atoms with van der Waals surface area (Å²) in [4.78, 5) is 11.9. The quantitative estimate of drug-likeness (QED) is 0.851. The van der Waals surface area contributed by atoms with Crippen molar-refractivity contribution in [2.75, 3.05) is 5.33 Å². The van der Waals surface area contributed by atoms with Crippen molar-refractivity contribution in [3.8, 4) is 0 Å². The molecule has 1 aromatic rings. The number of hydrogen-bond donors (Lipinski definition) is 1. The van der Waals surface area contributed by atoms with Crippen molar-refractivity contribution < 1.29 is 9.18 Å². The number of rotatable bonds is 3. The SMILES string of the molecule is Cc1ccc(F)cc1C(=O)NC1(CBr)CC1. The van der Waals surface area contributed by atoms with Crippen molar-refractivity contribution in [1.82, 2.24) is 5.32 Å². The molecule has 0 heterocycles. The molecule has 0 radical (unpaired) electrons. The topological polar surface area (TPSA) is 29.1 Å². The van der Waals surface area contributed by atoms with E-state index in [1.54, 1.807) is 6.07 Å². The average Bonchev–Trinajstić information content (AvgIpc) is 3.02. The van der Waals surface area contributed by atoms with Gasteiger partial charge < -0.3 is 5.32 Å². The van der Waals surface area contributed by atoms with Crippen LogP contribution in [0, 0.1) is 12.7 Å². The Hall–Kier alpha value is -0.900. The van der Waals surface area contributed by atoms with Gasteiger partial charge in [-0.2, -0.15) is 0 Å². The van der Waals surface area contributed by atoms with Crippen LogP contribution in [0.4, 0.5) is 4.39 Å². The van der Waals surface area contributed by atoms with Gasteiger partial charge in [0.1, 0.15) is 5.82 Å². The molecule has 0 aromatic heterocycles. The Kier molecular flexibility index (Phi) is 3.02. The van der Waals surface area contributed by atoms with Crippen LogP contribution in [0.2, 0.25) is 0 Å². The van der Waals surface area contributed by atoms with Crippen LogP contribution in [-0.2, 0) is 0 Å². The first-order chi connectivity index (χ1) is 7.56. The molecule has 1 saturated carbocycles. The molecule has 1 amide bonds. The smallest absolute Gasteiger partial charge is 0.252 e. The maximum Gasteiger partial charge on any atom is 0.252 e. The molecule has 1 N–H and O–H groups in total. The Bertz CT molecular complexity index is 429.